The molecule has 24 heavy (non-hydrogen) atoms. The monoisotopic (exact) mass is 331 g/mol. The Morgan fingerprint density at radius 3 is 2.92 bits per heavy atom. The summed E-state index contributed by atoms with van der Waals surface area (Å²) in [6.45, 7) is 7.81. The van der Waals surface area contributed by atoms with Crippen LogP contribution < -0.4 is 5.32 Å². The SMILES string of the molecule is CC(C)(C)OC(=O)NC1=NC(C)(c2cccc(N=[N+]=[N-])c2)COC1. The Bertz CT molecular complexity index is 704. The number of amidine groups is 1. The first-order valence-electron chi connectivity index (χ1n) is 7.54. The van der Waals surface area contributed by atoms with Crippen LogP contribution in [-0.2, 0) is 15.0 Å². The topological polar surface area (TPSA) is 109 Å². The van der Waals surface area contributed by atoms with E-state index in [0.717, 1.165) is 5.56 Å². The normalized spacial score (nSPS) is 20.6. The average Bonchev–Trinajstić information content (AvgIpc) is 2.46. The third kappa shape index (κ3) is 4.71. The highest BCUT2D eigenvalue weighted by Crippen LogP contribution is 2.30. The van der Waals surface area contributed by atoms with E-state index in [-0.39, 0.29) is 6.61 Å². The minimum atomic E-state index is -0.691. The van der Waals surface area contributed by atoms with Gasteiger partial charge in [0, 0.05) is 10.6 Å². The van der Waals surface area contributed by atoms with Crippen LogP contribution in [0.4, 0.5) is 10.5 Å². The third-order valence-electron chi connectivity index (χ3n) is 3.28. The van der Waals surface area contributed by atoms with Crippen LogP contribution in [0.15, 0.2) is 34.4 Å². The lowest BCUT2D eigenvalue weighted by atomic mass is 9.92. The van der Waals surface area contributed by atoms with Gasteiger partial charge in [0.1, 0.15) is 23.6 Å². The number of hydrogen-bond donors (Lipinski definition) is 1. The molecule has 8 nitrogen and oxygen atoms in total. The molecule has 1 aliphatic rings. The van der Waals surface area contributed by atoms with Crippen LogP contribution in [0.3, 0.4) is 0 Å². The van der Waals surface area contributed by atoms with E-state index in [1.807, 2.05) is 13.0 Å². The summed E-state index contributed by atoms with van der Waals surface area (Å²) >= 11 is 0. The van der Waals surface area contributed by atoms with Crippen molar-refractivity contribution in [2.24, 2.45) is 10.1 Å². The van der Waals surface area contributed by atoms with E-state index in [4.69, 9.17) is 15.0 Å². The maximum Gasteiger partial charge on any atom is 0.413 e. The van der Waals surface area contributed by atoms with Gasteiger partial charge in [-0.05, 0) is 44.9 Å². The van der Waals surface area contributed by atoms with Crippen LogP contribution in [-0.4, -0.2) is 30.7 Å². The second-order valence-electron chi connectivity index (χ2n) is 6.69. The van der Waals surface area contributed by atoms with Crippen molar-refractivity contribution >= 4 is 17.6 Å². The molecule has 0 saturated heterocycles. The lowest BCUT2D eigenvalue weighted by Crippen LogP contribution is -2.44. The van der Waals surface area contributed by atoms with Crippen LogP contribution in [0.1, 0.15) is 33.3 Å². The van der Waals surface area contributed by atoms with Crippen molar-refractivity contribution in [1.82, 2.24) is 5.32 Å². The largest absolute Gasteiger partial charge is 0.444 e. The quantitative estimate of drug-likeness (QED) is 0.505. The number of rotatable bonds is 2. The van der Waals surface area contributed by atoms with Crippen molar-refractivity contribution in [3.63, 3.8) is 0 Å². The van der Waals surface area contributed by atoms with Gasteiger partial charge in [0.2, 0.25) is 0 Å². The predicted octanol–water partition coefficient (Wildman–Crippen LogP) is 3.80. The summed E-state index contributed by atoms with van der Waals surface area (Å²) in [5, 5.41) is 6.22. The van der Waals surface area contributed by atoms with Crippen molar-refractivity contribution in [3.05, 3.63) is 40.3 Å². The number of amides is 1. The average molecular weight is 331 g/mol. The maximum atomic E-state index is 11.9. The molecule has 1 heterocycles. The van der Waals surface area contributed by atoms with Crippen molar-refractivity contribution < 1.29 is 14.3 Å². The Labute approximate surface area is 140 Å². The molecule has 0 aliphatic carbocycles. The van der Waals surface area contributed by atoms with E-state index >= 15 is 0 Å². The number of hydrogen-bond acceptors (Lipinski definition) is 5. The number of azide groups is 1. The van der Waals surface area contributed by atoms with Gasteiger partial charge in [0.05, 0.1) is 6.61 Å². The molecule has 1 N–H and O–H groups in total. The Kier molecular flexibility index (Phi) is 5.11. The highest BCUT2D eigenvalue weighted by molar-refractivity contribution is 5.96. The van der Waals surface area contributed by atoms with E-state index < -0.39 is 17.2 Å². The zero-order valence-corrected chi connectivity index (χ0v) is 14.2. The summed E-state index contributed by atoms with van der Waals surface area (Å²) in [5.41, 5.74) is 8.61. The number of alkyl carbamates (subject to hydrolysis) is 1. The Balaban J connectivity index is 2.22. The molecule has 1 unspecified atom stereocenters. The van der Waals surface area contributed by atoms with Crippen LogP contribution in [0.2, 0.25) is 0 Å². The summed E-state index contributed by atoms with van der Waals surface area (Å²) in [6, 6.07) is 7.12. The Hall–Kier alpha value is -2.57. The summed E-state index contributed by atoms with van der Waals surface area (Å²) in [7, 11) is 0. The Morgan fingerprint density at radius 2 is 2.25 bits per heavy atom. The zero-order valence-electron chi connectivity index (χ0n) is 14.2. The number of nitrogens with one attached hydrogen (secondary N) is 1. The highest BCUT2D eigenvalue weighted by atomic mass is 16.6. The van der Waals surface area contributed by atoms with Gasteiger partial charge in [0.15, 0.2) is 0 Å². The number of ether oxygens (including phenoxy) is 2. The van der Waals surface area contributed by atoms with Gasteiger partial charge in [-0.2, -0.15) is 0 Å². The van der Waals surface area contributed by atoms with Gasteiger partial charge < -0.3 is 9.47 Å². The van der Waals surface area contributed by atoms with Crippen molar-refractivity contribution in [3.8, 4) is 0 Å². The van der Waals surface area contributed by atoms with Gasteiger partial charge in [-0.25, -0.2) is 4.79 Å². The fourth-order valence-electron chi connectivity index (χ4n) is 2.30. The number of aliphatic imine (C=N–C) groups is 1. The van der Waals surface area contributed by atoms with Crippen LogP contribution in [0.25, 0.3) is 10.4 Å². The molecule has 1 atom stereocenters. The van der Waals surface area contributed by atoms with Gasteiger partial charge >= 0.3 is 6.09 Å². The van der Waals surface area contributed by atoms with Gasteiger partial charge in [-0.3, -0.25) is 10.3 Å². The van der Waals surface area contributed by atoms with Crippen LogP contribution >= 0.6 is 0 Å². The molecular weight excluding hydrogens is 310 g/mol. The predicted molar refractivity (Wildman–Crippen MR) is 90.2 cm³/mol. The maximum absolute atomic E-state index is 11.9. The molecule has 0 fully saturated rings. The summed E-state index contributed by atoms with van der Waals surface area (Å²) < 4.78 is 10.8. The van der Waals surface area contributed by atoms with E-state index in [0.29, 0.717) is 18.1 Å². The molecule has 1 aliphatic heterocycles. The molecule has 1 aromatic carbocycles. The minimum Gasteiger partial charge on any atom is -0.444 e. The molecule has 8 heteroatoms. The van der Waals surface area contributed by atoms with Gasteiger partial charge in [-0.1, -0.05) is 23.3 Å². The molecule has 1 amide bonds. The fourth-order valence-corrected chi connectivity index (χ4v) is 2.30. The number of benzene rings is 1. The van der Waals surface area contributed by atoms with Gasteiger partial charge in [0.25, 0.3) is 0 Å². The molecule has 0 saturated carbocycles. The second kappa shape index (κ2) is 6.90. The molecular formula is C16H21N5O3. The van der Waals surface area contributed by atoms with Crippen molar-refractivity contribution in [1.29, 1.82) is 0 Å². The third-order valence-corrected chi connectivity index (χ3v) is 3.28. The fraction of sp³-hybridized carbons (Fsp3) is 0.500. The molecule has 0 radical (unpaired) electrons. The zero-order chi connectivity index (χ0) is 17.8. The van der Waals surface area contributed by atoms with Crippen LogP contribution in [0.5, 0.6) is 0 Å². The van der Waals surface area contributed by atoms with Crippen molar-refractivity contribution in [2.75, 3.05) is 13.2 Å². The molecule has 2 rings (SSSR count). The highest BCUT2D eigenvalue weighted by Gasteiger charge is 2.31. The second-order valence-corrected chi connectivity index (χ2v) is 6.69. The molecule has 0 bridgehead atoms. The van der Waals surface area contributed by atoms with E-state index in [1.165, 1.54) is 0 Å². The molecule has 1 aromatic rings. The summed E-state index contributed by atoms with van der Waals surface area (Å²) in [6.07, 6.45) is -0.572. The first-order chi connectivity index (χ1) is 11.2. The number of carbonyl (C=O) groups is 1. The molecule has 0 aromatic heterocycles. The number of nitrogens with zero attached hydrogens (tertiary/aromatic N) is 4. The van der Waals surface area contributed by atoms with Crippen LogP contribution in [0, 0.1) is 0 Å². The van der Waals surface area contributed by atoms with Gasteiger partial charge in [-0.15, -0.1) is 0 Å². The smallest absolute Gasteiger partial charge is 0.413 e. The Morgan fingerprint density at radius 1 is 1.50 bits per heavy atom. The van der Waals surface area contributed by atoms with E-state index in [1.54, 1.807) is 39.0 Å². The summed E-state index contributed by atoms with van der Waals surface area (Å²) in [4.78, 5) is 19.3. The van der Waals surface area contributed by atoms with E-state index in [2.05, 4.69) is 20.3 Å². The molecule has 0 spiro atoms. The van der Waals surface area contributed by atoms with E-state index in [9.17, 15) is 4.79 Å². The lowest BCUT2D eigenvalue weighted by Gasteiger charge is -2.31. The number of carbonyl (C=O) groups excluding carboxylic acids is 1. The summed E-state index contributed by atoms with van der Waals surface area (Å²) in [5.74, 6) is 0.396. The minimum absolute atomic E-state index is 0.199. The van der Waals surface area contributed by atoms with Crippen molar-refractivity contribution in [2.45, 2.75) is 38.8 Å². The first kappa shape index (κ1) is 17.8. The first-order valence-corrected chi connectivity index (χ1v) is 7.54. The standard InChI is InChI=1S/C16H21N5O3/c1-15(2,3)24-14(22)18-13-9-23-10-16(4,19-13)11-6-5-7-12(8-11)20-21-17/h5-8H,9-10H2,1-4H3,(H,18,19,22). The molecule has 128 valence electrons. The lowest BCUT2D eigenvalue weighted by molar-refractivity contribution is 0.0543.